The van der Waals surface area contributed by atoms with Crippen molar-refractivity contribution in [2.24, 2.45) is 0 Å². The molecule has 0 spiro atoms. The monoisotopic (exact) mass is 306 g/mol. The second-order valence-electron chi connectivity index (χ2n) is 4.33. The average molecular weight is 306 g/mol. The fourth-order valence-corrected chi connectivity index (χ4v) is 2.49. The van der Waals surface area contributed by atoms with Crippen molar-refractivity contribution in [2.45, 2.75) is 11.3 Å². The molecule has 2 aromatic carbocycles. The molecule has 0 radical (unpaired) electrons. The van der Waals surface area contributed by atoms with E-state index in [1.165, 1.54) is 12.1 Å². The molecule has 0 amide bonds. The Labute approximate surface area is 126 Å². The van der Waals surface area contributed by atoms with Gasteiger partial charge in [0.15, 0.2) is 0 Å². The first-order valence-electron chi connectivity index (χ1n) is 6.50. The molecule has 3 nitrogen and oxygen atoms in total. The third-order valence-electron chi connectivity index (χ3n) is 2.74. The molecule has 0 saturated carbocycles. The lowest BCUT2D eigenvalue weighted by Crippen LogP contribution is -1.99. The van der Waals surface area contributed by atoms with Gasteiger partial charge in [0.1, 0.15) is 11.6 Å². The molecule has 0 aliphatic carbocycles. The Morgan fingerprint density at radius 3 is 2.38 bits per heavy atom. The number of thioether (sulfide) groups is 1. The number of carbonyl (C=O) groups is 1. The van der Waals surface area contributed by atoms with E-state index < -0.39 is 5.97 Å². The summed E-state index contributed by atoms with van der Waals surface area (Å²) in [5.74, 6) is 0.335. The molecule has 5 heteroatoms. The van der Waals surface area contributed by atoms with Crippen molar-refractivity contribution in [2.75, 3.05) is 12.4 Å². The van der Waals surface area contributed by atoms with E-state index in [0.717, 1.165) is 17.1 Å². The fraction of sp³-hybridized carbons (Fsp3) is 0.188. The van der Waals surface area contributed by atoms with E-state index in [2.05, 4.69) is 0 Å². The van der Waals surface area contributed by atoms with Crippen LogP contribution in [0.25, 0.3) is 0 Å². The van der Waals surface area contributed by atoms with Crippen molar-refractivity contribution in [3.05, 3.63) is 59.9 Å². The lowest BCUT2D eigenvalue weighted by Gasteiger charge is -2.06. The molecule has 0 aromatic heterocycles. The molecule has 0 atom stereocenters. The van der Waals surface area contributed by atoms with Crippen LogP contribution < -0.4 is 4.74 Å². The largest absolute Gasteiger partial charge is 0.494 e. The number of carboxylic acid groups (broad SMARTS) is 1. The maximum Gasteiger partial charge on any atom is 0.335 e. The molecule has 0 heterocycles. The van der Waals surface area contributed by atoms with Gasteiger partial charge in [-0.3, -0.25) is 0 Å². The minimum Gasteiger partial charge on any atom is -0.494 e. The average Bonchev–Trinajstić information content (AvgIpc) is 2.49. The Morgan fingerprint density at radius 2 is 1.76 bits per heavy atom. The highest BCUT2D eigenvalue weighted by atomic mass is 32.2. The van der Waals surface area contributed by atoms with Crippen LogP contribution in [0.3, 0.4) is 0 Å². The molecular weight excluding hydrogens is 291 g/mol. The molecule has 0 unspecified atom stereocenters. The number of rotatable bonds is 7. The highest BCUT2D eigenvalue weighted by Gasteiger charge is 2.02. The summed E-state index contributed by atoms with van der Waals surface area (Å²) in [6.45, 7) is 0.561. The summed E-state index contributed by atoms with van der Waals surface area (Å²) in [6, 6.07) is 12.7. The number of hydrogen-bond donors (Lipinski definition) is 1. The second kappa shape index (κ2) is 7.69. The predicted molar refractivity (Wildman–Crippen MR) is 80.6 cm³/mol. The van der Waals surface area contributed by atoms with Gasteiger partial charge in [0.05, 0.1) is 12.2 Å². The van der Waals surface area contributed by atoms with E-state index in [9.17, 15) is 9.18 Å². The van der Waals surface area contributed by atoms with E-state index in [1.807, 2.05) is 0 Å². The zero-order valence-electron chi connectivity index (χ0n) is 11.3. The summed E-state index contributed by atoms with van der Waals surface area (Å²) in [5.41, 5.74) is 0.291. The van der Waals surface area contributed by atoms with Crippen molar-refractivity contribution in [3.63, 3.8) is 0 Å². The lowest BCUT2D eigenvalue weighted by atomic mass is 10.2. The van der Waals surface area contributed by atoms with Crippen LogP contribution in [-0.4, -0.2) is 23.4 Å². The highest BCUT2D eigenvalue weighted by molar-refractivity contribution is 7.99. The molecule has 2 rings (SSSR count). The number of hydrogen-bond acceptors (Lipinski definition) is 3. The molecule has 0 aliphatic heterocycles. The summed E-state index contributed by atoms with van der Waals surface area (Å²) >= 11 is 1.65. The van der Waals surface area contributed by atoms with Crippen LogP contribution >= 0.6 is 11.8 Å². The third kappa shape index (κ3) is 5.11. The highest BCUT2D eigenvalue weighted by Crippen LogP contribution is 2.19. The number of aromatic carboxylic acids is 1. The first kappa shape index (κ1) is 15.4. The van der Waals surface area contributed by atoms with Gasteiger partial charge >= 0.3 is 5.97 Å². The van der Waals surface area contributed by atoms with Gasteiger partial charge in [-0.2, -0.15) is 0 Å². The first-order chi connectivity index (χ1) is 10.1. The van der Waals surface area contributed by atoms with Crippen LogP contribution in [0.5, 0.6) is 5.75 Å². The summed E-state index contributed by atoms with van der Waals surface area (Å²) in [5, 5.41) is 8.80. The van der Waals surface area contributed by atoms with Crippen LogP contribution in [0.4, 0.5) is 4.39 Å². The zero-order chi connectivity index (χ0) is 15.1. The number of ether oxygens (including phenoxy) is 1. The minimum atomic E-state index is -0.917. The van der Waals surface area contributed by atoms with Crippen molar-refractivity contribution in [1.29, 1.82) is 0 Å². The van der Waals surface area contributed by atoms with Gasteiger partial charge in [-0.15, -0.1) is 11.8 Å². The van der Waals surface area contributed by atoms with E-state index in [-0.39, 0.29) is 5.82 Å². The second-order valence-corrected chi connectivity index (χ2v) is 5.50. The summed E-state index contributed by atoms with van der Waals surface area (Å²) in [6.07, 6.45) is 0.850. The van der Waals surface area contributed by atoms with Crippen LogP contribution in [0.15, 0.2) is 53.4 Å². The number of halogens is 1. The van der Waals surface area contributed by atoms with E-state index in [0.29, 0.717) is 17.9 Å². The van der Waals surface area contributed by atoms with Crippen LogP contribution in [0.2, 0.25) is 0 Å². The Morgan fingerprint density at radius 1 is 1.10 bits per heavy atom. The van der Waals surface area contributed by atoms with Gasteiger partial charge < -0.3 is 9.84 Å². The Bertz CT molecular complexity index is 581. The number of benzene rings is 2. The maximum absolute atomic E-state index is 12.7. The molecule has 0 saturated heterocycles. The molecule has 21 heavy (non-hydrogen) atoms. The summed E-state index contributed by atoms with van der Waals surface area (Å²) in [4.78, 5) is 11.7. The van der Waals surface area contributed by atoms with Gasteiger partial charge in [0, 0.05) is 10.6 Å². The Kier molecular flexibility index (Phi) is 5.63. The Balaban J connectivity index is 1.67. The first-order valence-corrected chi connectivity index (χ1v) is 7.48. The van der Waals surface area contributed by atoms with Gasteiger partial charge in [-0.05, 0) is 55.0 Å². The normalized spacial score (nSPS) is 10.3. The van der Waals surface area contributed by atoms with Gasteiger partial charge in [-0.1, -0.05) is 0 Å². The minimum absolute atomic E-state index is 0.275. The molecule has 2 aromatic rings. The van der Waals surface area contributed by atoms with E-state index >= 15 is 0 Å². The van der Waals surface area contributed by atoms with Crippen LogP contribution in [0, 0.1) is 5.82 Å². The molecule has 0 aliphatic rings. The fourth-order valence-electron chi connectivity index (χ4n) is 1.66. The summed E-state index contributed by atoms with van der Waals surface area (Å²) < 4.78 is 18.2. The van der Waals surface area contributed by atoms with Gasteiger partial charge in [-0.25, -0.2) is 9.18 Å². The lowest BCUT2D eigenvalue weighted by molar-refractivity contribution is 0.0697. The molecule has 1 N–H and O–H groups in total. The van der Waals surface area contributed by atoms with Gasteiger partial charge in [0.25, 0.3) is 0 Å². The van der Waals surface area contributed by atoms with Crippen molar-refractivity contribution < 1.29 is 19.0 Å². The predicted octanol–water partition coefficient (Wildman–Crippen LogP) is 4.09. The third-order valence-corrected chi connectivity index (χ3v) is 3.84. The summed E-state index contributed by atoms with van der Waals surface area (Å²) in [7, 11) is 0. The molecule has 110 valence electrons. The standard InChI is InChI=1S/C16H15FO3S/c17-13-4-6-14(7-5-13)20-10-1-11-21-15-8-2-12(3-9-15)16(18)19/h2-9H,1,10-11H2,(H,18,19). The van der Waals surface area contributed by atoms with E-state index in [4.69, 9.17) is 9.84 Å². The molecule has 0 bridgehead atoms. The van der Waals surface area contributed by atoms with Crippen LogP contribution in [-0.2, 0) is 0 Å². The van der Waals surface area contributed by atoms with E-state index in [1.54, 1.807) is 48.2 Å². The number of carboxylic acids is 1. The molecular formula is C16H15FO3S. The quantitative estimate of drug-likeness (QED) is 0.618. The van der Waals surface area contributed by atoms with Crippen LogP contribution in [0.1, 0.15) is 16.8 Å². The topological polar surface area (TPSA) is 46.5 Å². The Hall–Kier alpha value is -2.01. The zero-order valence-corrected chi connectivity index (χ0v) is 12.1. The van der Waals surface area contributed by atoms with Gasteiger partial charge in [0.2, 0.25) is 0 Å². The molecule has 0 fully saturated rings. The SMILES string of the molecule is O=C(O)c1ccc(SCCCOc2ccc(F)cc2)cc1. The maximum atomic E-state index is 12.7. The smallest absolute Gasteiger partial charge is 0.335 e. The van der Waals surface area contributed by atoms with Crippen molar-refractivity contribution in [1.82, 2.24) is 0 Å². The van der Waals surface area contributed by atoms with Crippen molar-refractivity contribution in [3.8, 4) is 5.75 Å². The van der Waals surface area contributed by atoms with Crippen molar-refractivity contribution >= 4 is 17.7 Å².